The first-order chi connectivity index (χ1) is 25.3. The minimum absolute atomic E-state index is 0.0366. The maximum atomic E-state index is 15.3. The van der Waals surface area contributed by atoms with E-state index >= 15 is 9.18 Å². The number of halogens is 3. The molecule has 6 unspecified atom stereocenters. The molecule has 0 bridgehead atoms. The summed E-state index contributed by atoms with van der Waals surface area (Å²) in [4.78, 5) is 70.5. The first-order valence-electron chi connectivity index (χ1n) is 16.6. The largest absolute Gasteiger partial charge is 0.507 e. The Balaban J connectivity index is 1.30. The number of hydrazine groups is 1. The van der Waals surface area contributed by atoms with Crippen molar-refractivity contribution in [3.63, 3.8) is 0 Å². The van der Waals surface area contributed by atoms with Gasteiger partial charge in [0.25, 0.3) is 11.8 Å². The lowest BCUT2D eigenvalue weighted by Crippen LogP contribution is -2.53. The average molecular weight is 740 g/mol. The monoisotopic (exact) mass is 739 g/mol. The number of amides is 4. The normalized spacial score (nSPS) is 26.2. The standard InChI is InChI=1S/C39H28ClF2N3O8/c40-20-4-2-19(3-5-20)39-28(35(49)45(38(39)53)43-22-8-6-21(41)7-9-22)17-27-24(33(39)18-1-14-30(46)29(42)15-18)12-13-26-32(27)36(50)44(34(26)48)23-10-11-25(37(51)52)31(47)16-23/h1-12,14-16,26-28,32-33,43,46-47H,13,17H2,(H,51,52). The molecule has 2 saturated heterocycles. The van der Waals surface area contributed by atoms with Crippen LogP contribution in [0.2, 0.25) is 5.02 Å². The number of hydrogen-bond donors (Lipinski definition) is 4. The maximum absolute atomic E-state index is 15.3. The van der Waals surface area contributed by atoms with Gasteiger partial charge in [0.2, 0.25) is 11.8 Å². The summed E-state index contributed by atoms with van der Waals surface area (Å²) in [5, 5.41) is 31.2. The lowest BCUT2D eigenvalue weighted by Gasteiger charge is -2.50. The first-order valence-corrected chi connectivity index (χ1v) is 17.0. The van der Waals surface area contributed by atoms with Crippen LogP contribution in [0.5, 0.6) is 11.5 Å². The Morgan fingerprint density at radius 1 is 0.830 bits per heavy atom. The number of anilines is 2. The third kappa shape index (κ3) is 5.01. The first kappa shape index (κ1) is 34.0. The van der Waals surface area contributed by atoms with Gasteiger partial charge in [-0.2, -0.15) is 5.01 Å². The van der Waals surface area contributed by atoms with Crippen molar-refractivity contribution in [3.05, 3.63) is 130 Å². The number of allylic oxidation sites excluding steroid dienone is 2. The summed E-state index contributed by atoms with van der Waals surface area (Å²) in [7, 11) is 0. The molecule has 8 rings (SSSR count). The van der Waals surface area contributed by atoms with Gasteiger partial charge in [-0.1, -0.05) is 41.4 Å². The molecular formula is C39H28ClF2N3O8. The Morgan fingerprint density at radius 3 is 2.21 bits per heavy atom. The molecule has 2 heterocycles. The zero-order valence-electron chi connectivity index (χ0n) is 27.4. The van der Waals surface area contributed by atoms with Crippen molar-refractivity contribution in [2.24, 2.45) is 23.7 Å². The second kappa shape index (κ2) is 12.3. The van der Waals surface area contributed by atoms with Crippen molar-refractivity contribution in [2.75, 3.05) is 10.3 Å². The number of phenols is 2. The number of benzene rings is 4. The molecule has 2 aliphatic heterocycles. The summed E-state index contributed by atoms with van der Waals surface area (Å²) in [6.45, 7) is 0. The number of rotatable bonds is 6. The molecular weight excluding hydrogens is 712 g/mol. The van der Waals surface area contributed by atoms with Gasteiger partial charge in [-0.15, -0.1) is 0 Å². The van der Waals surface area contributed by atoms with Crippen LogP contribution < -0.4 is 10.3 Å². The van der Waals surface area contributed by atoms with E-state index in [0.717, 1.165) is 46.3 Å². The minimum Gasteiger partial charge on any atom is -0.507 e. The number of carboxylic acid groups (broad SMARTS) is 1. The number of carbonyl (C=O) groups is 5. The molecule has 11 nitrogen and oxygen atoms in total. The topological polar surface area (TPSA) is 165 Å². The molecule has 0 aromatic heterocycles. The van der Waals surface area contributed by atoms with Crippen molar-refractivity contribution in [3.8, 4) is 11.5 Å². The van der Waals surface area contributed by atoms with Crippen molar-refractivity contribution in [1.82, 2.24) is 5.01 Å². The number of aromatic hydroxyl groups is 2. The van der Waals surface area contributed by atoms with Crippen molar-refractivity contribution in [1.29, 1.82) is 0 Å². The summed E-state index contributed by atoms with van der Waals surface area (Å²) in [6, 6.07) is 18.4. The van der Waals surface area contributed by atoms with E-state index in [1.807, 2.05) is 0 Å². The molecule has 268 valence electrons. The number of nitrogens with zero attached hydrogens (tertiary/aromatic N) is 2. The maximum Gasteiger partial charge on any atom is 0.339 e. The van der Waals surface area contributed by atoms with Crippen LogP contribution in [0.4, 0.5) is 20.2 Å². The van der Waals surface area contributed by atoms with E-state index in [1.54, 1.807) is 30.3 Å². The highest BCUT2D eigenvalue weighted by molar-refractivity contribution is 6.30. The van der Waals surface area contributed by atoms with E-state index in [1.165, 1.54) is 24.3 Å². The molecule has 6 atom stereocenters. The third-order valence-corrected chi connectivity index (χ3v) is 11.3. The third-order valence-electron chi connectivity index (χ3n) is 11.0. The van der Waals surface area contributed by atoms with E-state index in [9.17, 15) is 38.9 Å². The van der Waals surface area contributed by atoms with Gasteiger partial charge >= 0.3 is 5.97 Å². The highest BCUT2D eigenvalue weighted by Crippen LogP contribution is 2.64. The van der Waals surface area contributed by atoms with Crippen molar-refractivity contribution < 1.29 is 48.1 Å². The van der Waals surface area contributed by atoms with Gasteiger partial charge in [-0.3, -0.25) is 24.6 Å². The van der Waals surface area contributed by atoms with Gasteiger partial charge in [0.15, 0.2) is 11.6 Å². The molecule has 0 radical (unpaired) electrons. The number of carbonyl (C=O) groups excluding carboxylic acids is 4. The Kier molecular flexibility index (Phi) is 7.87. The Morgan fingerprint density at radius 2 is 1.55 bits per heavy atom. The summed E-state index contributed by atoms with van der Waals surface area (Å²) in [5.74, 6) is -11.9. The number of carboxylic acids is 1. The molecule has 14 heteroatoms. The quantitative estimate of drug-likeness (QED) is 0.139. The van der Waals surface area contributed by atoms with Crippen LogP contribution >= 0.6 is 11.6 Å². The lowest BCUT2D eigenvalue weighted by molar-refractivity contribution is -0.138. The van der Waals surface area contributed by atoms with Crippen LogP contribution in [-0.2, 0) is 24.6 Å². The highest BCUT2D eigenvalue weighted by atomic mass is 35.5. The van der Waals surface area contributed by atoms with Crippen molar-refractivity contribution in [2.45, 2.75) is 24.2 Å². The van der Waals surface area contributed by atoms with Gasteiger partial charge < -0.3 is 15.3 Å². The van der Waals surface area contributed by atoms with E-state index < -0.39 is 93.3 Å². The number of imide groups is 2. The molecule has 4 aromatic rings. The Hall–Kier alpha value is -6.08. The zero-order valence-corrected chi connectivity index (χ0v) is 28.1. The molecule has 4 amide bonds. The number of nitrogens with one attached hydrogen (secondary N) is 1. The van der Waals surface area contributed by atoms with Crippen LogP contribution in [0.15, 0.2) is 96.6 Å². The van der Waals surface area contributed by atoms with Crippen LogP contribution in [-0.4, -0.2) is 49.9 Å². The van der Waals surface area contributed by atoms with E-state index in [0.29, 0.717) is 16.2 Å². The number of aromatic carboxylic acids is 1. The van der Waals surface area contributed by atoms with Crippen LogP contribution in [0.1, 0.15) is 40.2 Å². The highest BCUT2D eigenvalue weighted by Gasteiger charge is 2.70. The minimum atomic E-state index is -1.75. The molecule has 4 N–H and O–H groups in total. The van der Waals surface area contributed by atoms with E-state index in [4.69, 9.17) is 11.6 Å². The summed E-state index contributed by atoms with van der Waals surface area (Å²) in [5.41, 5.74) is 1.95. The summed E-state index contributed by atoms with van der Waals surface area (Å²) in [6.07, 6.45) is 1.70. The van der Waals surface area contributed by atoms with E-state index in [-0.39, 0.29) is 29.8 Å². The predicted molar refractivity (Wildman–Crippen MR) is 185 cm³/mol. The van der Waals surface area contributed by atoms with Gasteiger partial charge in [0.05, 0.1) is 34.5 Å². The SMILES string of the molecule is O=C(O)c1ccc(N2C(=O)C3CC=C4C(CC5C(=O)N(Nc6ccc(F)cc6)C(=O)C5(c5ccc(Cl)cc5)C4c4ccc(O)c(F)c4)C3C2=O)cc1O. The summed E-state index contributed by atoms with van der Waals surface area (Å²) < 4.78 is 29.1. The molecule has 4 aliphatic rings. The molecule has 0 spiro atoms. The van der Waals surface area contributed by atoms with Gasteiger partial charge in [-0.05, 0) is 90.6 Å². The fourth-order valence-electron chi connectivity index (χ4n) is 8.83. The van der Waals surface area contributed by atoms with Gasteiger partial charge in [0, 0.05) is 17.0 Å². The number of phenolic OH excluding ortho intramolecular Hbond substituents is 1. The number of fused-ring (bicyclic) bond motifs is 4. The van der Waals surface area contributed by atoms with Crippen molar-refractivity contribution >= 4 is 52.6 Å². The molecule has 3 fully saturated rings. The zero-order chi connectivity index (χ0) is 37.5. The fourth-order valence-corrected chi connectivity index (χ4v) is 8.95. The number of hydrogen-bond acceptors (Lipinski definition) is 8. The Bertz CT molecular complexity index is 2300. The summed E-state index contributed by atoms with van der Waals surface area (Å²) >= 11 is 6.28. The van der Waals surface area contributed by atoms with Gasteiger partial charge in [0.1, 0.15) is 17.1 Å². The van der Waals surface area contributed by atoms with Crippen LogP contribution in [0, 0.1) is 35.3 Å². The molecule has 53 heavy (non-hydrogen) atoms. The molecule has 4 aromatic carbocycles. The molecule has 2 aliphatic carbocycles. The van der Waals surface area contributed by atoms with E-state index in [2.05, 4.69) is 5.43 Å². The van der Waals surface area contributed by atoms with Crippen LogP contribution in [0.3, 0.4) is 0 Å². The second-order valence-corrected chi connectivity index (χ2v) is 14.0. The Labute approximate surface area is 304 Å². The fraction of sp³-hybridized carbons (Fsp3) is 0.205. The predicted octanol–water partition coefficient (Wildman–Crippen LogP) is 5.92. The molecule has 1 saturated carbocycles. The lowest BCUT2D eigenvalue weighted by atomic mass is 9.49. The second-order valence-electron chi connectivity index (χ2n) is 13.6. The van der Waals surface area contributed by atoms with Gasteiger partial charge in [-0.25, -0.2) is 18.5 Å². The van der Waals surface area contributed by atoms with Crippen LogP contribution in [0.25, 0.3) is 0 Å². The smallest absolute Gasteiger partial charge is 0.339 e. The average Bonchev–Trinajstić information content (AvgIpc) is 3.51.